The van der Waals surface area contributed by atoms with Gasteiger partial charge < -0.3 is 11.1 Å². The minimum atomic E-state index is 0.140. The zero-order chi connectivity index (χ0) is 14.7. The summed E-state index contributed by atoms with van der Waals surface area (Å²) in [4.78, 5) is 0.346. The Kier molecular flexibility index (Phi) is 5.02. The van der Waals surface area contributed by atoms with Gasteiger partial charge in [-0.3, -0.25) is 0 Å². The lowest BCUT2D eigenvalue weighted by Gasteiger charge is -2.17. The van der Waals surface area contributed by atoms with E-state index in [4.69, 9.17) is 29.6 Å². The second-order valence-electron chi connectivity index (χ2n) is 4.48. The van der Waals surface area contributed by atoms with Gasteiger partial charge in [-0.15, -0.1) is 0 Å². The first-order valence-corrected chi connectivity index (χ1v) is 7.66. The number of benzene rings is 2. The lowest BCUT2D eigenvalue weighted by molar-refractivity contribution is 0.884. The van der Waals surface area contributed by atoms with E-state index in [1.807, 2.05) is 24.3 Å². The molecule has 0 heterocycles. The van der Waals surface area contributed by atoms with Crippen LogP contribution in [0.4, 0.5) is 5.69 Å². The molecule has 1 unspecified atom stereocenters. The summed E-state index contributed by atoms with van der Waals surface area (Å²) in [6.45, 7) is 2.08. The van der Waals surface area contributed by atoms with Gasteiger partial charge in [0.1, 0.15) is 4.99 Å². The van der Waals surface area contributed by atoms with E-state index >= 15 is 0 Å². The van der Waals surface area contributed by atoms with Gasteiger partial charge >= 0.3 is 0 Å². The van der Waals surface area contributed by atoms with Crippen LogP contribution < -0.4 is 11.1 Å². The van der Waals surface area contributed by atoms with Gasteiger partial charge in [0.2, 0.25) is 0 Å². The number of halogens is 2. The molecule has 0 fully saturated rings. The fourth-order valence-electron chi connectivity index (χ4n) is 1.88. The summed E-state index contributed by atoms with van der Waals surface area (Å²) in [5, 5.41) is 3.99. The third kappa shape index (κ3) is 3.72. The van der Waals surface area contributed by atoms with E-state index in [2.05, 4.69) is 40.3 Å². The Labute approximate surface area is 137 Å². The summed E-state index contributed by atoms with van der Waals surface area (Å²) in [5.74, 6) is 0. The summed E-state index contributed by atoms with van der Waals surface area (Å²) in [7, 11) is 0. The number of thiocarbonyl (C=S) groups is 1. The van der Waals surface area contributed by atoms with Crippen molar-refractivity contribution < 1.29 is 0 Å². The molecule has 0 spiro atoms. The molecule has 0 amide bonds. The van der Waals surface area contributed by atoms with Gasteiger partial charge in [0.15, 0.2) is 0 Å². The molecular weight excluding hydrogens is 356 g/mol. The molecule has 5 heteroatoms. The van der Waals surface area contributed by atoms with Crippen LogP contribution in [0.3, 0.4) is 0 Å². The van der Waals surface area contributed by atoms with Gasteiger partial charge in [0.25, 0.3) is 0 Å². The summed E-state index contributed by atoms with van der Waals surface area (Å²) in [6, 6.07) is 13.8. The van der Waals surface area contributed by atoms with Gasteiger partial charge in [0.05, 0.1) is 10.7 Å². The summed E-state index contributed by atoms with van der Waals surface area (Å²) in [6.07, 6.45) is 0. The maximum atomic E-state index is 6.25. The highest BCUT2D eigenvalue weighted by molar-refractivity contribution is 9.10. The monoisotopic (exact) mass is 368 g/mol. The minimum Gasteiger partial charge on any atom is -0.389 e. The zero-order valence-corrected chi connectivity index (χ0v) is 14.0. The molecule has 0 saturated carbocycles. The first kappa shape index (κ1) is 15.3. The average Bonchev–Trinajstić information content (AvgIpc) is 2.40. The zero-order valence-electron chi connectivity index (χ0n) is 10.9. The molecule has 0 aliphatic carbocycles. The molecule has 1 atom stereocenters. The SMILES string of the molecule is CC(Nc1ccc(C(N)=S)cc1Cl)c1cccc(Br)c1. The normalized spacial score (nSPS) is 11.9. The maximum Gasteiger partial charge on any atom is 0.104 e. The fraction of sp³-hybridized carbons (Fsp3) is 0.133. The molecule has 0 aliphatic rings. The van der Waals surface area contributed by atoms with Crippen LogP contribution in [0.5, 0.6) is 0 Å². The molecule has 0 saturated heterocycles. The lowest BCUT2D eigenvalue weighted by atomic mass is 10.1. The van der Waals surface area contributed by atoms with Crippen LogP contribution in [-0.2, 0) is 0 Å². The van der Waals surface area contributed by atoms with Crippen molar-refractivity contribution in [3.05, 3.63) is 63.1 Å². The highest BCUT2D eigenvalue weighted by Crippen LogP contribution is 2.28. The Hall–Kier alpha value is -1.10. The standard InChI is InChI=1S/C15H14BrClN2S/c1-9(10-3-2-4-12(16)7-10)19-14-6-5-11(15(18)20)8-13(14)17/h2-9,19H,1H3,(H2,18,20). The number of anilines is 1. The van der Waals surface area contributed by atoms with Crippen LogP contribution in [0.15, 0.2) is 46.9 Å². The molecule has 104 valence electrons. The molecule has 20 heavy (non-hydrogen) atoms. The van der Waals surface area contributed by atoms with Crippen LogP contribution in [0.25, 0.3) is 0 Å². The van der Waals surface area contributed by atoms with Crippen molar-refractivity contribution in [2.45, 2.75) is 13.0 Å². The van der Waals surface area contributed by atoms with E-state index in [0.717, 1.165) is 15.7 Å². The van der Waals surface area contributed by atoms with E-state index in [9.17, 15) is 0 Å². The van der Waals surface area contributed by atoms with Gasteiger partial charge in [-0.2, -0.15) is 0 Å². The third-order valence-electron chi connectivity index (χ3n) is 2.97. The van der Waals surface area contributed by atoms with Crippen LogP contribution in [-0.4, -0.2) is 4.99 Å². The Morgan fingerprint density at radius 1 is 1.30 bits per heavy atom. The van der Waals surface area contributed by atoms with Gasteiger partial charge in [-0.25, -0.2) is 0 Å². The molecule has 2 nitrogen and oxygen atoms in total. The maximum absolute atomic E-state index is 6.25. The largest absolute Gasteiger partial charge is 0.389 e. The molecule has 2 aromatic carbocycles. The van der Waals surface area contributed by atoms with Gasteiger partial charge in [0, 0.05) is 16.1 Å². The van der Waals surface area contributed by atoms with Crippen LogP contribution >= 0.6 is 39.7 Å². The number of nitrogens with two attached hydrogens (primary N) is 1. The molecule has 2 aromatic rings. The van der Waals surface area contributed by atoms with E-state index in [1.54, 1.807) is 6.07 Å². The summed E-state index contributed by atoms with van der Waals surface area (Å²) < 4.78 is 1.05. The van der Waals surface area contributed by atoms with E-state index in [-0.39, 0.29) is 6.04 Å². The summed E-state index contributed by atoms with van der Waals surface area (Å²) >= 11 is 14.7. The first-order valence-electron chi connectivity index (χ1n) is 6.08. The molecule has 2 rings (SSSR count). The minimum absolute atomic E-state index is 0.140. The Bertz CT molecular complexity index is 646. The van der Waals surface area contributed by atoms with Crippen LogP contribution in [0.2, 0.25) is 5.02 Å². The average molecular weight is 370 g/mol. The Morgan fingerprint density at radius 2 is 2.05 bits per heavy atom. The number of rotatable bonds is 4. The predicted molar refractivity (Wildman–Crippen MR) is 93.5 cm³/mol. The Morgan fingerprint density at radius 3 is 2.65 bits per heavy atom. The lowest BCUT2D eigenvalue weighted by Crippen LogP contribution is -2.10. The fourth-order valence-corrected chi connectivity index (χ4v) is 2.66. The van der Waals surface area contributed by atoms with E-state index in [1.165, 1.54) is 5.56 Å². The van der Waals surface area contributed by atoms with E-state index in [0.29, 0.717) is 10.0 Å². The molecular formula is C15H14BrClN2S. The van der Waals surface area contributed by atoms with Crippen LogP contribution in [0.1, 0.15) is 24.1 Å². The van der Waals surface area contributed by atoms with Crippen LogP contribution in [0, 0.1) is 0 Å². The molecule has 0 radical (unpaired) electrons. The van der Waals surface area contributed by atoms with Crippen molar-refractivity contribution >= 4 is 50.4 Å². The molecule has 0 aliphatic heterocycles. The molecule has 3 N–H and O–H groups in total. The number of hydrogen-bond donors (Lipinski definition) is 2. The van der Waals surface area contributed by atoms with Gasteiger partial charge in [-0.1, -0.05) is 51.9 Å². The van der Waals surface area contributed by atoms with Gasteiger partial charge in [-0.05, 0) is 42.8 Å². The highest BCUT2D eigenvalue weighted by atomic mass is 79.9. The van der Waals surface area contributed by atoms with Crippen molar-refractivity contribution in [1.29, 1.82) is 0 Å². The predicted octanol–water partition coefficient (Wildman–Crippen LogP) is 4.91. The summed E-state index contributed by atoms with van der Waals surface area (Å²) in [5.41, 5.74) is 8.39. The second kappa shape index (κ2) is 6.57. The quantitative estimate of drug-likeness (QED) is 0.752. The Balaban J connectivity index is 2.19. The first-order chi connectivity index (χ1) is 9.47. The topological polar surface area (TPSA) is 38.0 Å². The highest BCUT2D eigenvalue weighted by Gasteiger charge is 2.09. The third-order valence-corrected chi connectivity index (χ3v) is 4.02. The van der Waals surface area contributed by atoms with Crippen molar-refractivity contribution in [3.63, 3.8) is 0 Å². The number of nitrogens with one attached hydrogen (secondary N) is 1. The van der Waals surface area contributed by atoms with Crippen molar-refractivity contribution in [2.24, 2.45) is 5.73 Å². The van der Waals surface area contributed by atoms with Crippen molar-refractivity contribution in [1.82, 2.24) is 0 Å². The number of hydrogen-bond acceptors (Lipinski definition) is 2. The van der Waals surface area contributed by atoms with Crippen molar-refractivity contribution in [2.75, 3.05) is 5.32 Å². The molecule has 0 bridgehead atoms. The van der Waals surface area contributed by atoms with E-state index < -0.39 is 0 Å². The smallest absolute Gasteiger partial charge is 0.104 e. The van der Waals surface area contributed by atoms with Crippen molar-refractivity contribution in [3.8, 4) is 0 Å². The molecule has 0 aromatic heterocycles. The second-order valence-corrected chi connectivity index (χ2v) is 6.24.